The van der Waals surface area contributed by atoms with Crippen molar-refractivity contribution in [3.05, 3.63) is 11.4 Å². The lowest BCUT2D eigenvalue weighted by molar-refractivity contribution is 0.0944. The molecule has 1 amide bonds. The van der Waals surface area contributed by atoms with Gasteiger partial charge in [0.25, 0.3) is 5.91 Å². The first-order valence-electron chi connectivity index (χ1n) is 6.97. The molecular formula is C13H25N5O. The molecule has 1 aromatic heterocycles. The molecule has 0 saturated carbocycles. The van der Waals surface area contributed by atoms with Gasteiger partial charge in [0.1, 0.15) is 0 Å². The molecule has 108 valence electrons. The minimum absolute atomic E-state index is 0.207. The predicted octanol–water partition coefficient (Wildman–Crippen LogP) is 1.02. The molecule has 0 aromatic carbocycles. The molecule has 0 aliphatic heterocycles. The number of nitrogens with two attached hydrogens (primary N) is 1. The van der Waals surface area contributed by atoms with Gasteiger partial charge in [-0.25, -0.2) is 0 Å². The van der Waals surface area contributed by atoms with Crippen molar-refractivity contribution in [1.82, 2.24) is 20.4 Å². The van der Waals surface area contributed by atoms with Crippen LogP contribution in [0.3, 0.4) is 0 Å². The predicted molar refractivity (Wildman–Crippen MR) is 77.1 cm³/mol. The molecule has 0 atom stereocenters. The molecule has 0 bridgehead atoms. The number of H-pyrrole nitrogens is 1. The number of amides is 1. The zero-order chi connectivity index (χ0) is 14.3. The second-order valence-corrected chi connectivity index (χ2v) is 4.51. The smallest absolute Gasteiger partial charge is 0.273 e. The number of aryl methyl sites for hydroxylation is 1. The number of aromatic amines is 1. The summed E-state index contributed by atoms with van der Waals surface area (Å²) in [6, 6.07) is 0. The van der Waals surface area contributed by atoms with Crippen LogP contribution < -0.4 is 11.1 Å². The highest BCUT2D eigenvalue weighted by Crippen LogP contribution is 2.13. The summed E-state index contributed by atoms with van der Waals surface area (Å²) < 4.78 is 0. The van der Waals surface area contributed by atoms with Crippen LogP contribution in [0.4, 0.5) is 5.69 Å². The van der Waals surface area contributed by atoms with E-state index in [-0.39, 0.29) is 5.91 Å². The maximum atomic E-state index is 11.9. The highest BCUT2D eigenvalue weighted by atomic mass is 16.1. The van der Waals surface area contributed by atoms with E-state index >= 15 is 0 Å². The molecule has 6 heteroatoms. The first-order chi connectivity index (χ1) is 9.13. The Hall–Kier alpha value is -1.56. The zero-order valence-corrected chi connectivity index (χ0v) is 12.1. The fourth-order valence-corrected chi connectivity index (χ4v) is 1.98. The molecule has 0 aliphatic carbocycles. The Balaban J connectivity index is 2.44. The Morgan fingerprint density at radius 1 is 1.37 bits per heavy atom. The van der Waals surface area contributed by atoms with Gasteiger partial charge in [0.2, 0.25) is 0 Å². The summed E-state index contributed by atoms with van der Waals surface area (Å²) in [6.45, 7) is 9.75. The van der Waals surface area contributed by atoms with Gasteiger partial charge in [-0.15, -0.1) is 0 Å². The van der Waals surface area contributed by atoms with Gasteiger partial charge in [0.15, 0.2) is 5.69 Å². The molecule has 0 unspecified atom stereocenters. The van der Waals surface area contributed by atoms with E-state index in [2.05, 4.69) is 34.3 Å². The van der Waals surface area contributed by atoms with Gasteiger partial charge in [0.05, 0.1) is 11.4 Å². The summed E-state index contributed by atoms with van der Waals surface area (Å²) >= 11 is 0. The summed E-state index contributed by atoms with van der Waals surface area (Å²) in [6.07, 6.45) is 1.86. The summed E-state index contributed by atoms with van der Waals surface area (Å²) in [5.41, 5.74) is 7.43. The molecule has 19 heavy (non-hydrogen) atoms. The van der Waals surface area contributed by atoms with Crippen LogP contribution in [-0.2, 0) is 6.42 Å². The largest absolute Gasteiger partial charge is 0.395 e. The molecule has 1 rings (SSSR count). The van der Waals surface area contributed by atoms with Crippen molar-refractivity contribution in [2.45, 2.75) is 33.6 Å². The minimum Gasteiger partial charge on any atom is -0.395 e. The third kappa shape index (κ3) is 4.24. The molecule has 0 fully saturated rings. The lowest BCUT2D eigenvalue weighted by Crippen LogP contribution is -2.35. The van der Waals surface area contributed by atoms with Crippen molar-refractivity contribution in [1.29, 1.82) is 0 Å². The fraction of sp³-hybridized carbons (Fsp3) is 0.692. The van der Waals surface area contributed by atoms with Crippen LogP contribution in [-0.4, -0.2) is 47.2 Å². The van der Waals surface area contributed by atoms with E-state index in [1.54, 1.807) is 0 Å². The van der Waals surface area contributed by atoms with E-state index in [9.17, 15) is 4.79 Å². The first kappa shape index (κ1) is 15.5. The van der Waals surface area contributed by atoms with Gasteiger partial charge in [-0.05, 0) is 25.9 Å². The van der Waals surface area contributed by atoms with Crippen LogP contribution in [0.5, 0.6) is 0 Å². The topological polar surface area (TPSA) is 87.0 Å². The van der Waals surface area contributed by atoms with E-state index in [1.807, 2.05) is 6.92 Å². The van der Waals surface area contributed by atoms with E-state index in [0.29, 0.717) is 17.9 Å². The van der Waals surface area contributed by atoms with Crippen molar-refractivity contribution >= 4 is 11.6 Å². The number of nitrogen functional groups attached to an aromatic ring is 1. The standard InChI is InChI=1S/C13H25N5O/c1-4-8-18(6-3)9-7-15-13(19)12-11(14)10(5-2)16-17-12/h4-9,14H2,1-3H3,(H,15,19)(H,16,17). The highest BCUT2D eigenvalue weighted by molar-refractivity contribution is 5.97. The molecule has 6 nitrogen and oxygen atoms in total. The molecule has 0 spiro atoms. The molecule has 0 aliphatic rings. The lowest BCUT2D eigenvalue weighted by atomic mass is 10.2. The molecule has 0 radical (unpaired) electrons. The summed E-state index contributed by atoms with van der Waals surface area (Å²) in [4.78, 5) is 14.2. The quantitative estimate of drug-likeness (QED) is 0.656. The van der Waals surface area contributed by atoms with Crippen LogP contribution in [0.2, 0.25) is 0 Å². The number of nitrogens with one attached hydrogen (secondary N) is 2. The number of carbonyl (C=O) groups is 1. The van der Waals surface area contributed by atoms with Crippen LogP contribution in [0.1, 0.15) is 43.4 Å². The monoisotopic (exact) mass is 267 g/mol. The van der Waals surface area contributed by atoms with Crippen LogP contribution in [0.25, 0.3) is 0 Å². The minimum atomic E-state index is -0.207. The van der Waals surface area contributed by atoms with E-state index < -0.39 is 0 Å². The number of hydrogen-bond donors (Lipinski definition) is 3. The summed E-state index contributed by atoms with van der Waals surface area (Å²) in [5, 5.41) is 9.61. The van der Waals surface area contributed by atoms with Crippen molar-refractivity contribution in [3.8, 4) is 0 Å². The number of anilines is 1. The normalized spacial score (nSPS) is 10.9. The van der Waals surface area contributed by atoms with E-state index in [4.69, 9.17) is 5.73 Å². The Bertz CT molecular complexity index is 402. The number of nitrogens with zero attached hydrogens (tertiary/aromatic N) is 2. The average molecular weight is 267 g/mol. The van der Waals surface area contributed by atoms with E-state index in [1.165, 1.54) is 0 Å². The number of rotatable bonds is 8. The number of likely N-dealkylation sites (N-methyl/N-ethyl adjacent to an activating group) is 1. The molecule has 1 heterocycles. The third-order valence-electron chi connectivity index (χ3n) is 3.15. The Kier molecular flexibility index (Phi) is 6.35. The fourth-order valence-electron chi connectivity index (χ4n) is 1.98. The highest BCUT2D eigenvalue weighted by Gasteiger charge is 2.15. The number of carbonyl (C=O) groups excluding carboxylic acids is 1. The Morgan fingerprint density at radius 3 is 2.63 bits per heavy atom. The number of hydrogen-bond acceptors (Lipinski definition) is 4. The first-order valence-corrected chi connectivity index (χ1v) is 6.97. The van der Waals surface area contributed by atoms with Crippen LogP contribution in [0.15, 0.2) is 0 Å². The van der Waals surface area contributed by atoms with Gasteiger partial charge in [-0.3, -0.25) is 9.89 Å². The second kappa shape index (κ2) is 7.78. The zero-order valence-electron chi connectivity index (χ0n) is 12.1. The van der Waals surface area contributed by atoms with Gasteiger partial charge in [-0.2, -0.15) is 5.10 Å². The SMILES string of the molecule is CCCN(CC)CCNC(=O)c1n[nH]c(CC)c1N. The molecule has 4 N–H and O–H groups in total. The Morgan fingerprint density at radius 2 is 2.11 bits per heavy atom. The van der Waals surface area contributed by atoms with Gasteiger partial charge in [0, 0.05) is 13.1 Å². The summed E-state index contributed by atoms with van der Waals surface area (Å²) in [5.74, 6) is -0.207. The Labute approximate surface area is 114 Å². The van der Waals surface area contributed by atoms with Crippen molar-refractivity contribution < 1.29 is 4.79 Å². The molecule has 0 saturated heterocycles. The maximum Gasteiger partial charge on any atom is 0.273 e. The average Bonchev–Trinajstić information content (AvgIpc) is 2.78. The summed E-state index contributed by atoms with van der Waals surface area (Å²) in [7, 11) is 0. The van der Waals surface area contributed by atoms with Gasteiger partial charge < -0.3 is 16.0 Å². The van der Waals surface area contributed by atoms with Crippen molar-refractivity contribution in [2.24, 2.45) is 0 Å². The van der Waals surface area contributed by atoms with Crippen molar-refractivity contribution in [3.63, 3.8) is 0 Å². The van der Waals surface area contributed by atoms with E-state index in [0.717, 1.165) is 38.2 Å². The third-order valence-corrected chi connectivity index (χ3v) is 3.15. The lowest BCUT2D eigenvalue weighted by Gasteiger charge is -2.19. The van der Waals surface area contributed by atoms with Crippen molar-refractivity contribution in [2.75, 3.05) is 31.9 Å². The van der Waals surface area contributed by atoms with Gasteiger partial charge >= 0.3 is 0 Å². The van der Waals surface area contributed by atoms with Crippen LogP contribution >= 0.6 is 0 Å². The molecule has 1 aromatic rings. The number of aromatic nitrogens is 2. The second-order valence-electron chi connectivity index (χ2n) is 4.51. The maximum absolute atomic E-state index is 11.9. The molecular weight excluding hydrogens is 242 g/mol. The van der Waals surface area contributed by atoms with Crippen LogP contribution in [0, 0.1) is 0 Å². The van der Waals surface area contributed by atoms with Gasteiger partial charge in [-0.1, -0.05) is 20.8 Å².